The Hall–Kier alpha value is -5.03. The summed E-state index contributed by atoms with van der Waals surface area (Å²) >= 11 is 0. The van der Waals surface area contributed by atoms with Crippen molar-refractivity contribution < 1.29 is 43.3 Å². The number of nitrogens with zero attached hydrogens (tertiary/aromatic N) is 1. The van der Waals surface area contributed by atoms with E-state index in [-0.39, 0.29) is 43.4 Å². The van der Waals surface area contributed by atoms with Gasteiger partial charge >= 0.3 is 12.1 Å². The molecular formula is C43H70N8O9. The molecule has 2 rings (SSSR count). The Morgan fingerprint density at radius 2 is 1.38 bits per heavy atom. The average molecular weight is 843 g/mol. The molecule has 0 saturated heterocycles. The van der Waals surface area contributed by atoms with Gasteiger partial charge in [0, 0.05) is 36.8 Å². The highest BCUT2D eigenvalue weighted by atomic mass is 16.6. The molecule has 60 heavy (non-hydrogen) atoms. The standard InChI is InChI=1S/C43H70N8O9/c1-11-27(6)38(41(57)47-31(17-25(2)3)30(44)21-37(54)59-10)51-36(53)22-35(52)32(18-26(4)5)48-40(56)34(20-29-23-45-24-46-29)49-39(55)33(19-28-15-13-12-14-16-28)50-42(58)60-43(7,8)9/h12-16,23-27,30-35,38,52H,11,17-22,44H2,1-10H3,(H,45,46)(H,47,57)(H,48,56)(H,49,55)(H,50,58)(H,51,53)/t27-,30?,31?,32-,33-,34-,35-,38-/m0/s1. The van der Waals surface area contributed by atoms with Gasteiger partial charge in [-0.25, -0.2) is 9.78 Å². The van der Waals surface area contributed by atoms with Gasteiger partial charge in [-0.15, -0.1) is 0 Å². The Balaban J connectivity index is 2.31. The van der Waals surface area contributed by atoms with Crippen LogP contribution in [0.3, 0.4) is 0 Å². The number of aromatic amines is 1. The number of hydrogen-bond donors (Lipinski definition) is 8. The number of benzene rings is 1. The number of rotatable bonds is 24. The van der Waals surface area contributed by atoms with Crippen LogP contribution in [0.25, 0.3) is 0 Å². The number of imidazole rings is 1. The summed E-state index contributed by atoms with van der Waals surface area (Å²) < 4.78 is 10.2. The van der Waals surface area contributed by atoms with Gasteiger partial charge in [0.25, 0.3) is 0 Å². The fraction of sp³-hybridized carbons (Fsp3) is 0.651. The van der Waals surface area contributed by atoms with Crippen LogP contribution < -0.4 is 32.3 Å². The topological polar surface area (TPSA) is 256 Å². The van der Waals surface area contributed by atoms with Crippen LogP contribution in [0.4, 0.5) is 4.79 Å². The predicted octanol–water partition coefficient (Wildman–Crippen LogP) is 2.81. The van der Waals surface area contributed by atoms with E-state index in [1.165, 1.54) is 19.6 Å². The van der Waals surface area contributed by atoms with E-state index in [9.17, 15) is 33.9 Å². The van der Waals surface area contributed by atoms with Crippen LogP contribution in [0.2, 0.25) is 0 Å². The number of carbonyl (C=O) groups excluding carboxylic acids is 6. The number of esters is 1. The molecule has 0 spiro atoms. The lowest BCUT2D eigenvalue weighted by Gasteiger charge is -2.31. The second-order valence-corrected chi connectivity index (χ2v) is 17.4. The maximum Gasteiger partial charge on any atom is 0.408 e. The molecular weight excluding hydrogens is 773 g/mol. The van der Waals surface area contributed by atoms with Crippen LogP contribution in [-0.4, -0.2) is 106 Å². The zero-order valence-electron chi connectivity index (χ0n) is 37.0. The Morgan fingerprint density at radius 3 is 1.93 bits per heavy atom. The third-order valence-electron chi connectivity index (χ3n) is 9.83. The smallest absolute Gasteiger partial charge is 0.408 e. The number of amides is 5. The van der Waals surface area contributed by atoms with Gasteiger partial charge in [0.1, 0.15) is 23.7 Å². The molecule has 9 N–H and O–H groups in total. The van der Waals surface area contributed by atoms with E-state index >= 15 is 0 Å². The van der Waals surface area contributed by atoms with Crippen molar-refractivity contribution in [3.8, 4) is 0 Å². The summed E-state index contributed by atoms with van der Waals surface area (Å²) in [5.74, 6) is -3.11. The zero-order chi connectivity index (χ0) is 45.2. The summed E-state index contributed by atoms with van der Waals surface area (Å²) in [4.78, 5) is 87.2. The highest BCUT2D eigenvalue weighted by molar-refractivity contribution is 5.92. The van der Waals surface area contributed by atoms with Crippen molar-refractivity contribution in [3.63, 3.8) is 0 Å². The van der Waals surface area contributed by atoms with Crippen LogP contribution in [-0.2, 0) is 46.3 Å². The Morgan fingerprint density at radius 1 is 0.800 bits per heavy atom. The number of aliphatic hydroxyl groups is 1. The number of H-pyrrole nitrogens is 1. The van der Waals surface area contributed by atoms with Gasteiger partial charge in [0.15, 0.2) is 0 Å². The molecule has 8 atom stereocenters. The van der Waals surface area contributed by atoms with Crippen LogP contribution in [0.1, 0.15) is 106 Å². The lowest BCUT2D eigenvalue weighted by molar-refractivity contribution is -0.141. The molecule has 5 amide bonds. The van der Waals surface area contributed by atoms with Gasteiger partial charge in [-0.05, 0) is 56.9 Å². The van der Waals surface area contributed by atoms with Crippen molar-refractivity contribution in [2.45, 2.75) is 155 Å². The molecule has 0 aliphatic carbocycles. The van der Waals surface area contributed by atoms with Crippen LogP contribution in [0.5, 0.6) is 0 Å². The molecule has 17 nitrogen and oxygen atoms in total. The molecule has 1 aromatic carbocycles. The molecule has 0 saturated carbocycles. The van der Waals surface area contributed by atoms with Crippen LogP contribution in [0.15, 0.2) is 42.9 Å². The second kappa shape index (κ2) is 24.9. The number of alkyl carbamates (subject to hydrolysis) is 1. The molecule has 0 aliphatic heterocycles. The predicted molar refractivity (Wildman–Crippen MR) is 227 cm³/mol. The SMILES string of the molecule is CC[C@H](C)[C@H](NC(=O)C[C@H](O)[C@H](CC(C)C)NC(=O)[C@H](Cc1cnc[nH]1)NC(=O)[C@H](Cc1ccccc1)NC(=O)OC(C)(C)C)C(=O)NC(CC(C)C)C(N)CC(=O)OC. The maximum absolute atomic E-state index is 14.1. The lowest BCUT2D eigenvalue weighted by Crippen LogP contribution is -2.58. The Labute approximate surface area is 354 Å². The number of nitrogens with two attached hydrogens (primary N) is 1. The summed E-state index contributed by atoms with van der Waals surface area (Å²) in [6.45, 7) is 16.5. The first kappa shape index (κ1) is 51.1. The number of hydrogen-bond acceptors (Lipinski definition) is 11. The summed E-state index contributed by atoms with van der Waals surface area (Å²) in [7, 11) is 1.26. The van der Waals surface area contributed by atoms with Gasteiger partial charge in [0.2, 0.25) is 23.6 Å². The highest BCUT2D eigenvalue weighted by Crippen LogP contribution is 2.17. The Kier molecular flexibility index (Phi) is 21.2. The first-order valence-electron chi connectivity index (χ1n) is 20.8. The molecule has 0 fully saturated rings. The summed E-state index contributed by atoms with van der Waals surface area (Å²) in [5.41, 5.74) is 6.79. The number of carbonyl (C=O) groups is 6. The van der Waals surface area contributed by atoms with Crippen molar-refractivity contribution >= 4 is 35.7 Å². The molecule has 1 aromatic heterocycles. The van der Waals surface area contributed by atoms with Gasteiger partial charge < -0.3 is 51.9 Å². The van der Waals surface area contributed by atoms with Crippen molar-refractivity contribution in [1.82, 2.24) is 36.6 Å². The van der Waals surface area contributed by atoms with Gasteiger partial charge in [-0.2, -0.15) is 0 Å². The number of methoxy groups -OCH3 is 1. The number of nitrogens with one attached hydrogen (secondary N) is 6. The third-order valence-corrected chi connectivity index (χ3v) is 9.83. The number of ether oxygens (including phenoxy) is 2. The van der Waals surface area contributed by atoms with Crippen molar-refractivity contribution in [3.05, 3.63) is 54.1 Å². The van der Waals surface area contributed by atoms with Gasteiger partial charge in [-0.1, -0.05) is 78.3 Å². The van der Waals surface area contributed by atoms with E-state index in [4.69, 9.17) is 15.2 Å². The highest BCUT2D eigenvalue weighted by Gasteiger charge is 2.34. The largest absolute Gasteiger partial charge is 0.469 e. The summed E-state index contributed by atoms with van der Waals surface area (Å²) in [5, 5.41) is 25.5. The van der Waals surface area contributed by atoms with Gasteiger partial charge in [-0.3, -0.25) is 24.0 Å². The van der Waals surface area contributed by atoms with E-state index in [1.807, 2.05) is 59.7 Å². The van der Waals surface area contributed by atoms with Crippen LogP contribution >= 0.6 is 0 Å². The average Bonchev–Trinajstić information content (AvgIpc) is 3.67. The molecule has 336 valence electrons. The molecule has 2 aromatic rings. The molecule has 2 unspecified atom stereocenters. The number of aliphatic hydroxyl groups excluding tert-OH is 1. The fourth-order valence-electron chi connectivity index (χ4n) is 6.52. The minimum Gasteiger partial charge on any atom is -0.469 e. The molecule has 0 radical (unpaired) electrons. The van der Waals surface area contributed by atoms with Crippen molar-refractivity contribution in [1.29, 1.82) is 0 Å². The fourth-order valence-corrected chi connectivity index (χ4v) is 6.52. The summed E-state index contributed by atoms with van der Waals surface area (Å²) in [6, 6.07) is 3.51. The first-order chi connectivity index (χ1) is 28.1. The quantitative estimate of drug-likeness (QED) is 0.0714. The molecule has 0 aliphatic rings. The zero-order valence-corrected chi connectivity index (χ0v) is 37.0. The first-order valence-corrected chi connectivity index (χ1v) is 20.8. The van der Waals surface area contributed by atoms with E-state index in [2.05, 4.69) is 36.6 Å². The minimum absolute atomic E-state index is 0.0141. The van der Waals surface area contributed by atoms with E-state index in [0.29, 0.717) is 18.5 Å². The minimum atomic E-state index is -1.39. The normalized spacial score (nSPS) is 15.6. The molecule has 0 bridgehead atoms. The molecule has 1 heterocycles. The Bertz CT molecular complexity index is 1650. The van der Waals surface area contributed by atoms with Crippen molar-refractivity contribution in [2.24, 2.45) is 23.5 Å². The van der Waals surface area contributed by atoms with Crippen molar-refractivity contribution in [2.75, 3.05) is 7.11 Å². The number of aromatic nitrogens is 2. The third kappa shape index (κ3) is 18.9. The maximum atomic E-state index is 14.1. The van der Waals surface area contributed by atoms with E-state index in [0.717, 1.165) is 5.56 Å². The summed E-state index contributed by atoms with van der Waals surface area (Å²) in [6.07, 6.45) is 1.58. The van der Waals surface area contributed by atoms with E-state index in [1.54, 1.807) is 32.9 Å². The molecule has 17 heteroatoms. The van der Waals surface area contributed by atoms with Gasteiger partial charge in [0.05, 0.1) is 38.4 Å². The monoisotopic (exact) mass is 843 g/mol. The van der Waals surface area contributed by atoms with E-state index < -0.39 is 90.1 Å². The lowest BCUT2D eigenvalue weighted by atomic mass is 9.93. The van der Waals surface area contributed by atoms with Crippen LogP contribution in [0, 0.1) is 17.8 Å². The second-order valence-electron chi connectivity index (χ2n) is 17.4.